The van der Waals surface area contributed by atoms with E-state index >= 15 is 0 Å². The maximum atomic E-state index is 11.1. The van der Waals surface area contributed by atoms with E-state index in [0.29, 0.717) is 0 Å². The summed E-state index contributed by atoms with van der Waals surface area (Å²) >= 11 is 0. The number of nitrogens with zero attached hydrogens (tertiary/aromatic N) is 2. The highest BCUT2D eigenvalue weighted by Gasteiger charge is 2.39. The molecule has 1 atom stereocenters. The first kappa shape index (κ1) is 14.0. The number of amides is 2. The largest absolute Gasteiger partial charge is 0.454 e. The van der Waals surface area contributed by atoms with Crippen molar-refractivity contribution in [1.29, 1.82) is 0 Å². The van der Waals surface area contributed by atoms with Gasteiger partial charge in [0.25, 0.3) is 0 Å². The van der Waals surface area contributed by atoms with Gasteiger partial charge in [-0.25, -0.2) is 9.59 Å². The molecule has 0 aromatic rings. The zero-order valence-corrected chi connectivity index (χ0v) is 9.56. The van der Waals surface area contributed by atoms with Crippen LogP contribution < -0.4 is 5.73 Å². The molecular formula is C10H15N3O3. The Morgan fingerprint density at radius 1 is 1.62 bits per heavy atom. The molecule has 0 aliphatic carbocycles. The molecule has 0 spiro atoms. The minimum Gasteiger partial charge on any atom is -0.454 e. The van der Waals surface area contributed by atoms with E-state index in [1.807, 2.05) is 0 Å². The van der Waals surface area contributed by atoms with E-state index in [0.717, 1.165) is 11.1 Å². The van der Waals surface area contributed by atoms with Crippen LogP contribution in [0, 0.1) is 6.57 Å². The molecule has 0 radical (unpaired) electrons. The third-order valence-corrected chi connectivity index (χ3v) is 2.24. The maximum absolute atomic E-state index is 11.1. The van der Waals surface area contributed by atoms with E-state index in [2.05, 4.69) is 11.5 Å². The molecule has 16 heavy (non-hydrogen) atoms. The van der Waals surface area contributed by atoms with Crippen molar-refractivity contribution >= 4 is 12.0 Å². The summed E-state index contributed by atoms with van der Waals surface area (Å²) in [6, 6.07) is -1.54. The summed E-state index contributed by atoms with van der Waals surface area (Å²) in [5, 5.41) is 0.733. The molecule has 0 bridgehead atoms. The molecule has 0 saturated heterocycles. The van der Waals surface area contributed by atoms with E-state index < -0.39 is 23.6 Å². The molecule has 1 unspecified atom stereocenters. The Kier molecular flexibility index (Phi) is 4.51. The molecule has 0 aromatic carbocycles. The normalized spacial score (nSPS) is 12.1. The highest BCUT2D eigenvalue weighted by Crippen LogP contribution is 2.20. The highest BCUT2D eigenvalue weighted by molar-refractivity contribution is 5.81. The Labute approximate surface area is 94.4 Å². The predicted octanol–water partition coefficient (Wildman–Crippen LogP) is 1.10. The van der Waals surface area contributed by atoms with Crippen molar-refractivity contribution in [3.8, 4) is 0 Å². The van der Waals surface area contributed by atoms with Crippen LogP contribution in [0.4, 0.5) is 4.79 Å². The van der Waals surface area contributed by atoms with E-state index in [4.69, 9.17) is 17.0 Å². The molecular weight excluding hydrogens is 210 g/mol. The second-order valence-electron chi connectivity index (χ2n) is 3.69. The minimum atomic E-state index is -1.02. The molecule has 0 aromatic heterocycles. The fraction of sp³-hybridized carbons (Fsp3) is 0.500. The van der Waals surface area contributed by atoms with Gasteiger partial charge in [-0.05, 0) is 25.8 Å². The van der Waals surface area contributed by atoms with Gasteiger partial charge in [0.1, 0.15) is 11.6 Å². The Hall–Kier alpha value is -2.03. The number of hydrogen-bond acceptors (Lipinski definition) is 3. The SMILES string of the molecule is [C-]#[N+]N(C(N)=O)C(C)C(C)(C)OC(=O)C=C. The monoisotopic (exact) mass is 225 g/mol. The van der Waals surface area contributed by atoms with Crippen LogP contribution in [0.1, 0.15) is 20.8 Å². The first-order chi connectivity index (χ1) is 7.26. The van der Waals surface area contributed by atoms with Gasteiger partial charge in [0, 0.05) is 6.08 Å². The molecule has 0 fully saturated rings. The number of esters is 1. The van der Waals surface area contributed by atoms with Gasteiger partial charge < -0.3 is 10.5 Å². The van der Waals surface area contributed by atoms with E-state index in [1.165, 1.54) is 0 Å². The molecule has 0 aliphatic heterocycles. The second-order valence-corrected chi connectivity index (χ2v) is 3.69. The van der Waals surface area contributed by atoms with Crippen molar-refractivity contribution in [2.75, 3.05) is 0 Å². The molecule has 0 rings (SSSR count). The second kappa shape index (κ2) is 5.16. The van der Waals surface area contributed by atoms with Crippen molar-refractivity contribution in [2.24, 2.45) is 5.73 Å². The summed E-state index contributed by atoms with van der Waals surface area (Å²) in [5.74, 6) is -0.619. The fourth-order valence-electron chi connectivity index (χ4n) is 1.01. The summed E-state index contributed by atoms with van der Waals surface area (Å²) in [6.07, 6.45) is 1.01. The average Bonchev–Trinajstić information content (AvgIpc) is 2.17. The van der Waals surface area contributed by atoms with Crippen LogP contribution in [0.15, 0.2) is 12.7 Å². The number of primary amides is 1. The van der Waals surface area contributed by atoms with Gasteiger partial charge >= 0.3 is 12.0 Å². The molecule has 6 nitrogen and oxygen atoms in total. The highest BCUT2D eigenvalue weighted by atomic mass is 16.6. The lowest BCUT2D eigenvalue weighted by molar-refractivity contribution is -0.154. The van der Waals surface area contributed by atoms with E-state index in [9.17, 15) is 9.59 Å². The van der Waals surface area contributed by atoms with Crippen molar-refractivity contribution < 1.29 is 14.3 Å². The molecule has 0 heterocycles. The van der Waals surface area contributed by atoms with Crippen molar-refractivity contribution in [3.05, 3.63) is 24.2 Å². The zero-order valence-electron chi connectivity index (χ0n) is 9.56. The summed E-state index contributed by atoms with van der Waals surface area (Å²) in [6.45, 7) is 14.8. The zero-order chi connectivity index (χ0) is 12.9. The standard InChI is InChI=1S/C10H15N3O3/c1-6-8(14)16-10(3,4)7(2)13(12-5)9(11)15/h6-7H,1H2,2-4H3,(H2,11,15). The first-order valence-corrected chi connectivity index (χ1v) is 4.57. The van der Waals surface area contributed by atoms with Crippen LogP contribution in [-0.2, 0) is 9.53 Å². The maximum Gasteiger partial charge on any atom is 0.381 e. The number of carbonyl (C=O) groups excluding carboxylic acids is 2. The summed E-state index contributed by atoms with van der Waals surface area (Å²) in [5.41, 5.74) is 4.00. The van der Waals surface area contributed by atoms with Gasteiger partial charge in [0.05, 0.1) is 0 Å². The molecule has 0 aliphatic rings. The smallest absolute Gasteiger partial charge is 0.381 e. The number of urea groups is 1. The molecule has 2 N–H and O–H groups in total. The van der Waals surface area contributed by atoms with Crippen LogP contribution in [-0.4, -0.2) is 28.7 Å². The first-order valence-electron chi connectivity index (χ1n) is 4.57. The molecule has 6 heteroatoms. The topological polar surface area (TPSA) is 77.0 Å². The van der Waals surface area contributed by atoms with Crippen LogP contribution in [0.5, 0.6) is 0 Å². The Bertz CT molecular complexity index is 344. The third kappa shape index (κ3) is 3.28. The van der Waals surface area contributed by atoms with Crippen molar-refractivity contribution in [2.45, 2.75) is 32.4 Å². The van der Waals surface area contributed by atoms with Gasteiger partial charge in [0.15, 0.2) is 0 Å². The molecule has 88 valence electrons. The molecule has 2 amide bonds. The van der Waals surface area contributed by atoms with Crippen LogP contribution in [0.25, 0.3) is 4.95 Å². The summed E-state index contributed by atoms with van der Waals surface area (Å²) < 4.78 is 5.03. The van der Waals surface area contributed by atoms with Gasteiger partial charge in [-0.15, -0.1) is 0 Å². The quantitative estimate of drug-likeness (QED) is 0.337. The number of rotatable bonds is 4. The Balaban J connectivity index is 4.87. The van der Waals surface area contributed by atoms with E-state index in [1.54, 1.807) is 20.8 Å². The molecule has 0 saturated carbocycles. The number of ether oxygens (including phenoxy) is 1. The number of hydrogen-bond donors (Lipinski definition) is 1. The fourth-order valence-corrected chi connectivity index (χ4v) is 1.01. The lowest BCUT2D eigenvalue weighted by Crippen LogP contribution is -2.50. The summed E-state index contributed by atoms with van der Waals surface area (Å²) in [4.78, 5) is 25.0. The number of carbonyl (C=O) groups is 2. The predicted molar refractivity (Wildman–Crippen MR) is 57.9 cm³/mol. The van der Waals surface area contributed by atoms with Crippen molar-refractivity contribution in [1.82, 2.24) is 5.01 Å². The third-order valence-electron chi connectivity index (χ3n) is 2.24. The van der Waals surface area contributed by atoms with Gasteiger partial charge in [-0.1, -0.05) is 6.58 Å². The van der Waals surface area contributed by atoms with Crippen LogP contribution >= 0.6 is 0 Å². The van der Waals surface area contributed by atoms with Crippen LogP contribution in [0.2, 0.25) is 0 Å². The lowest BCUT2D eigenvalue weighted by Gasteiger charge is -2.31. The van der Waals surface area contributed by atoms with Crippen LogP contribution in [0.3, 0.4) is 0 Å². The van der Waals surface area contributed by atoms with Gasteiger partial charge in [-0.3, -0.25) is 0 Å². The average molecular weight is 225 g/mol. The minimum absolute atomic E-state index is 0.619. The van der Waals surface area contributed by atoms with Crippen molar-refractivity contribution in [3.63, 3.8) is 0 Å². The lowest BCUT2D eigenvalue weighted by atomic mass is 10.00. The Morgan fingerprint density at radius 3 is 2.44 bits per heavy atom. The summed E-state index contributed by atoms with van der Waals surface area (Å²) in [7, 11) is 0. The van der Waals surface area contributed by atoms with E-state index in [-0.39, 0.29) is 0 Å². The number of nitrogens with two attached hydrogens (primary N) is 1. The Morgan fingerprint density at radius 2 is 2.12 bits per heavy atom. The van der Waals surface area contributed by atoms with Gasteiger partial charge in [-0.2, -0.15) is 11.5 Å². The van der Waals surface area contributed by atoms with Gasteiger partial charge in [0.2, 0.25) is 0 Å².